The van der Waals surface area contributed by atoms with E-state index in [1.165, 1.54) is 12.1 Å². The molecule has 0 amide bonds. The third kappa shape index (κ3) is 3.69. The van der Waals surface area contributed by atoms with E-state index in [9.17, 15) is 23.3 Å². The highest BCUT2D eigenvalue weighted by Gasteiger charge is 2.25. The SMILES string of the molecule is O=C(O)c1cc([N+](=O)[O-])ccc1NC1CCS(=O)(=O)CC1. The zero-order valence-corrected chi connectivity index (χ0v) is 11.8. The number of carboxylic acids is 1. The van der Waals surface area contributed by atoms with Crippen LogP contribution >= 0.6 is 0 Å². The van der Waals surface area contributed by atoms with E-state index < -0.39 is 20.7 Å². The minimum atomic E-state index is -3.00. The molecule has 1 saturated heterocycles. The molecule has 0 saturated carbocycles. The van der Waals surface area contributed by atoms with Crippen LogP contribution in [0, 0.1) is 10.1 Å². The first kappa shape index (κ1) is 15.2. The van der Waals surface area contributed by atoms with Gasteiger partial charge in [-0.3, -0.25) is 10.1 Å². The fourth-order valence-corrected chi connectivity index (χ4v) is 3.69. The van der Waals surface area contributed by atoms with Crippen LogP contribution in [0.1, 0.15) is 23.2 Å². The number of aromatic carboxylic acids is 1. The van der Waals surface area contributed by atoms with Gasteiger partial charge in [-0.1, -0.05) is 0 Å². The number of nitrogens with zero attached hydrogens (tertiary/aromatic N) is 1. The van der Waals surface area contributed by atoms with Gasteiger partial charge in [0.2, 0.25) is 0 Å². The quantitative estimate of drug-likeness (QED) is 0.633. The van der Waals surface area contributed by atoms with Gasteiger partial charge < -0.3 is 10.4 Å². The molecular formula is C12H14N2O6S. The Bertz CT molecular complexity index is 671. The molecule has 114 valence electrons. The van der Waals surface area contributed by atoms with Crippen molar-refractivity contribution in [2.45, 2.75) is 18.9 Å². The molecule has 21 heavy (non-hydrogen) atoms. The van der Waals surface area contributed by atoms with Crippen LogP contribution in [-0.4, -0.2) is 42.0 Å². The number of hydrogen-bond donors (Lipinski definition) is 2. The maximum atomic E-state index is 11.3. The maximum absolute atomic E-state index is 11.3. The van der Waals surface area contributed by atoms with E-state index in [1.54, 1.807) is 0 Å². The van der Waals surface area contributed by atoms with E-state index in [-0.39, 0.29) is 34.5 Å². The van der Waals surface area contributed by atoms with Crippen molar-refractivity contribution in [3.8, 4) is 0 Å². The summed E-state index contributed by atoms with van der Waals surface area (Å²) in [5.41, 5.74) is -0.237. The summed E-state index contributed by atoms with van der Waals surface area (Å²) < 4.78 is 22.7. The van der Waals surface area contributed by atoms with E-state index in [4.69, 9.17) is 5.11 Å². The third-order valence-corrected chi connectivity index (χ3v) is 5.07. The zero-order chi connectivity index (χ0) is 15.6. The third-order valence-electron chi connectivity index (χ3n) is 3.36. The fourth-order valence-electron chi connectivity index (χ4n) is 2.20. The van der Waals surface area contributed by atoms with E-state index in [0.717, 1.165) is 6.07 Å². The molecular weight excluding hydrogens is 300 g/mol. The van der Waals surface area contributed by atoms with Gasteiger partial charge in [-0.05, 0) is 18.9 Å². The van der Waals surface area contributed by atoms with E-state index in [1.807, 2.05) is 0 Å². The van der Waals surface area contributed by atoms with Gasteiger partial charge >= 0.3 is 5.97 Å². The van der Waals surface area contributed by atoms with Crippen LogP contribution in [0.15, 0.2) is 18.2 Å². The molecule has 1 fully saturated rings. The first-order chi connectivity index (χ1) is 9.78. The van der Waals surface area contributed by atoms with Crippen molar-refractivity contribution < 1.29 is 23.2 Å². The van der Waals surface area contributed by atoms with Crippen LogP contribution in [0.25, 0.3) is 0 Å². The number of rotatable bonds is 4. The molecule has 1 aliphatic heterocycles. The highest BCUT2D eigenvalue weighted by Crippen LogP contribution is 2.25. The van der Waals surface area contributed by atoms with Gasteiger partial charge in [0, 0.05) is 23.9 Å². The summed E-state index contributed by atoms with van der Waals surface area (Å²) in [5, 5.41) is 22.8. The molecule has 2 rings (SSSR count). The molecule has 1 aliphatic rings. The number of nitrogens with one attached hydrogen (secondary N) is 1. The molecule has 2 N–H and O–H groups in total. The number of anilines is 1. The lowest BCUT2D eigenvalue weighted by molar-refractivity contribution is -0.384. The minimum Gasteiger partial charge on any atom is -0.478 e. The molecule has 1 aromatic carbocycles. The van der Waals surface area contributed by atoms with Gasteiger partial charge in [0.05, 0.1) is 22.0 Å². The molecule has 0 atom stereocenters. The average Bonchev–Trinajstić information content (AvgIpc) is 2.41. The van der Waals surface area contributed by atoms with Crippen molar-refractivity contribution in [2.75, 3.05) is 16.8 Å². The number of carboxylic acid groups (broad SMARTS) is 1. The fraction of sp³-hybridized carbons (Fsp3) is 0.417. The molecule has 0 bridgehead atoms. The number of sulfone groups is 1. The van der Waals surface area contributed by atoms with Gasteiger partial charge in [0.1, 0.15) is 9.84 Å². The van der Waals surface area contributed by atoms with Crippen molar-refractivity contribution in [2.24, 2.45) is 0 Å². The number of nitro benzene ring substituents is 1. The number of non-ortho nitro benzene ring substituents is 1. The van der Waals surface area contributed by atoms with Crippen molar-refractivity contribution >= 4 is 27.2 Å². The first-order valence-electron chi connectivity index (χ1n) is 6.27. The number of nitro groups is 1. The topological polar surface area (TPSA) is 127 Å². The molecule has 0 unspecified atom stereocenters. The molecule has 0 aromatic heterocycles. The second kappa shape index (κ2) is 5.68. The molecule has 0 radical (unpaired) electrons. The zero-order valence-electron chi connectivity index (χ0n) is 11.0. The summed E-state index contributed by atoms with van der Waals surface area (Å²) >= 11 is 0. The number of benzene rings is 1. The predicted molar refractivity (Wildman–Crippen MR) is 75.4 cm³/mol. The monoisotopic (exact) mass is 314 g/mol. The van der Waals surface area contributed by atoms with Crippen molar-refractivity contribution in [1.82, 2.24) is 0 Å². The molecule has 1 aromatic rings. The van der Waals surface area contributed by atoms with Crippen molar-refractivity contribution in [3.63, 3.8) is 0 Å². The van der Waals surface area contributed by atoms with Gasteiger partial charge in [-0.25, -0.2) is 13.2 Å². The predicted octanol–water partition coefficient (Wildman–Crippen LogP) is 1.28. The summed E-state index contributed by atoms with van der Waals surface area (Å²) in [6.45, 7) is 0. The summed E-state index contributed by atoms with van der Waals surface area (Å²) in [5.74, 6) is -1.16. The summed E-state index contributed by atoms with van der Waals surface area (Å²) in [6.07, 6.45) is 0.775. The molecule has 1 heterocycles. The molecule has 8 nitrogen and oxygen atoms in total. The number of hydrogen-bond acceptors (Lipinski definition) is 6. The Kier molecular flexibility index (Phi) is 4.12. The van der Waals surface area contributed by atoms with E-state index in [0.29, 0.717) is 12.8 Å². The first-order valence-corrected chi connectivity index (χ1v) is 8.09. The second-order valence-corrected chi connectivity index (χ2v) is 7.17. The maximum Gasteiger partial charge on any atom is 0.338 e. The van der Waals surface area contributed by atoms with Crippen LogP contribution in [-0.2, 0) is 9.84 Å². The Balaban J connectivity index is 2.20. The smallest absolute Gasteiger partial charge is 0.338 e. The summed E-state index contributed by atoms with van der Waals surface area (Å²) in [4.78, 5) is 21.2. The number of carbonyl (C=O) groups is 1. The summed E-state index contributed by atoms with van der Waals surface area (Å²) in [6, 6.07) is 3.39. The second-order valence-electron chi connectivity index (χ2n) is 4.86. The molecule has 0 spiro atoms. The van der Waals surface area contributed by atoms with Gasteiger partial charge in [-0.2, -0.15) is 0 Å². The lowest BCUT2D eigenvalue weighted by atomic mass is 10.1. The van der Waals surface area contributed by atoms with E-state index >= 15 is 0 Å². The van der Waals surface area contributed by atoms with Crippen LogP contribution in [0.4, 0.5) is 11.4 Å². The van der Waals surface area contributed by atoms with Crippen LogP contribution in [0.5, 0.6) is 0 Å². The Labute approximate surface area is 120 Å². The van der Waals surface area contributed by atoms with Gasteiger partial charge in [0.15, 0.2) is 0 Å². The van der Waals surface area contributed by atoms with Gasteiger partial charge in [-0.15, -0.1) is 0 Å². The Morgan fingerprint density at radius 2 is 1.95 bits per heavy atom. The van der Waals surface area contributed by atoms with Crippen LogP contribution in [0.2, 0.25) is 0 Å². The average molecular weight is 314 g/mol. The highest BCUT2D eigenvalue weighted by atomic mass is 32.2. The standard InChI is InChI=1S/C12H14N2O6S/c15-12(16)10-7-9(14(17)18)1-2-11(10)13-8-3-5-21(19,20)6-4-8/h1-2,7-8,13H,3-6H2,(H,15,16). The van der Waals surface area contributed by atoms with Crippen molar-refractivity contribution in [3.05, 3.63) is 33.9 Å². The molecule has 9 heteroatoms. The lowest BCUT2D eigenvalue weighted by Crippen LogP contribution is -2.32. The minimum absolute atomic E-state index is 0.0556. The van der Waals surface area contributed by atoms with Gasteiger partial charge in [0.25, 0.3) is 5.69 Å². The van der Waals surface area contributed by atoms with E-state index in [2.05, 4.69) is 5.32 Å². The summed E-state index contributed by atoms with van der Waals surface area (Å²) in [7, 11) is -3.00. The Morgan fingerprint density at radius 3 is 2.48 bits per heavy atom. The Hall–Kier alpha value is -2.16. The normalized spacial score (nSPS) is 18.1. The molecule has 0 aliphatic carbocycles. The van der Waals surface area contributed by atoms with Crippen molar-refractivity contribution in [1.29, 1.82) is 0 Å². The lowest BCUT2D eigenvalue weighted by Gasteiger charge is -2.24. The van der Waals surface area contributed by atoms with Crippen LogP contribution < -0.4 is 5.32 Å². The largest absolute Gasteiger partial charge is 0.478 e. The van der Waals surface area contributed by atoms with Crippen LogP contribution in [0.3, 0.4) is 0 Å². The Morgan fingerprint density at radius 1 is 1.33 bits per heavy atom. The highest BCUT2D eigenvalue weighted by molar-refractivity contribution is 7.91.